The number of nitrogens with two attached hydrogens (primary N) is 1. The number of carbonyl (C=O) groups is 2. The first-order chi connectivity index (χ1) is 9.63. The van der Waals surface area contributed by atoms with Crippen LogP contribution in [-0.2, 0) is 9.59 Å². The lowest BCUT2D eigenvalue weighted by molar-refractivity contribution is -0.120. The highest BCUT2D eigenvalue weighted by Crippen LogP contribution is 2.27. The fraction of sp³-hybridized carbons (Fsp3) is 0.429. The molecule has 1 aromatic rings. The van der Waals surface area contributed by atoms with Crippen LogP contribution in [0.2, 0.25) is 0 Å². The van der Waals surface area contributed by atoms with E-state index in [4.69, 9.17) is 10.5 Å². The molecule has 0 unspecified atom stereocenters. The average Bonchev–Trinajstić information content (AvgIpc) is 3.22. The van der Waals surface area contributed by atoms with Gasteiger partial charge in [-0.2, -0.15) is 0 Å². The third-order valence-corrected chi connectivity index (χ3v) is 2.93. The van der Waals surface area contributed by atoms with E-state index in [-0.39, 0.29) is 24.9 Å². The van der Waals surface area contributed by atoms with E-state index >= 15 is 0 Å². The first kappa shape index (κ1) is 17.3. The molecule has 1 aromatic carbocycles. The quantitative estimate of drug-likeness (QED) is 0.665. The molecular weight excluding hydrogens is 294 g/mol. The van der Waals surface area contributed by atoms with Crippen LogP contribution in [0.1, 0.15) is 12.8 Å². The van der Waals surface area contributed by atoms with Crippen molar-refractivity contribution in [1.29, 1.82) is 0 Å². The van der Waals surface area contributed by atoms with Crippen molar-refractivity contribution in [3.8, 4) is 5.75 Å². The normalized spacial score (nSPS) is 13.1. The maximum absolute atomic E-state index is 11.6. The van der Waals surface area contributed by atoms with E-state index in [1.165, 1.54) is 12.8 Å². The van der Waals surface area contributed by atoms with Gasteiger partial charge in [-0.25, -0.2) is 0 Å². The topological polar surface area (TPSA) is 93.5 Å². The van der Waals surface area contributed by atoms with Gasteiger partial charge >= 0.3 is 0 Å². The second-order valence-electron chi connectivity index (χ2n) is 4.90. The van der Waals surface area contributed by atoms with Crippen molar-refractivity contribution in [2.24, 2.45) is 11.7 Å². The number of amides is 2. The van der Waals surface area contributed by atoms with Gasteiger partial charge in [-0.1, -0.05) is 0 Å². The fourth-order valence-corrected chi connectivity index (χ4v) is 1.71. The number of hydrogen-bond donors (Lipinski definition) is 3. The van der Waals surface area contributed by atoms with E-state index in [1.807, 2.05) is 0 Å². The summed E-state index contributed by atoms with van der Waals surface area (Å²) in [5.74, 6) is 0.693. The number of ether oxygens (including phenoxy) is 1. The Kier molecular flexibility index (Phi) is 6.98. The van der Waals surface area contributed by atoms with E-state index in [0.717, 1.165) is 12.5 Å². The summed E-state index contributed by atoms with van der Waals surface area (Å²) in [6.45, 7) is 1.07. The summed E-state index contributed by atoms with van der Waals surface area (Å²) in [7, 11) is 0. The van der Waals surface area contributed by atoms with Gasteiger partial charge in [0.05, 0.1) is 6.54 Å². The van der Waals surface area contributed by atoms with Gasteiger partial charge in [0.15, 0.2) is 6.61 Å². The van der Waals surface area contributed by atoms with Crippen LogP contribution in [0, 0.1) is 5.92 Å². The van der Waals surface area contributed by atoms with E-state index < -0.39 is 5.91 Å². The molecule has 4 N–H and O–H groups in total. The summed E-state index contributed by atoms with van der Waals surface area (Å²) in [5.41, 5.74) is 5.67. The number of hydrogen-bond acceptors (Lipinski definition) is 4. The number of primary amides is 1. The van der Waals surface area contributed by atoms with Gasteiger partial charge in [-0.05, 0) is 49.6 Å². The summed E-state index contributed by atoms with van der Waals surface area (Å²) < 4.78 is 5.13. The van der Waals surface area contributed by atoms with Gasteiger partial charge in [-0.3, -0.25) is 9.59 Å². The van der Waals surface area contributed by atoms with Gasteiger partial charge in [0.1, 0.15) is 5.75 Å². The number of anilines is 1. The molecule has 2 amide bonds. The van der Waals surface area contributed by atoms with E-state index in [2.05, 4.69) is 10.6 Å². The SMILES string of the molecule is Cl.NC(=O)COc1ccc(NC(=O)CNCC2CC2)cc1. The molecule has 1 aliphatic rings. The highest BCUT2D eigenvalue weighted by atomic mass is 35.5. The molecule has 0 aromatic heterocycles. The van der Waals surface area contributed by atoms with Crippen LogP contribution in [0.5, 0.6) is 5.75 Å². The van der Waals surface area contributed by atoms with Gasteiger partial charge in [-0.15, -0.1) is 12.4 Å². The van der Waals surface area contributed by atoms with Crippen LogP contribution in [-0.4, -0.2) is 31.5 Å². The van der Waals surface area contributed by atoms with Gasteiger partial charge in [0, 0.05) is 5.69 Å². The second kappa shape index (κ2) is 8.49. The Morgan fingerprint density at radius 3 is 2.48 bits per heavy atom. The standard InChI is InChI=1S/C14H19N3O3.ClH/c15-13(18)9-20-12-5-3-11(4-6-12)17-14(19)8-16-7-10-1-2-10;/h3-6,10,16H,1-2,7-9H2,(H2,15,18)(H,17,19);1H. The summed E-state index contributed by atoms with van der Waals surface area (Å²) in [6.07, 6.45) is 2.53. The van der Waals surface area contributed by atoms with Crippen molar-refractivity contribution in [3.05, 3.63) is 24.3 Å². The Balaban J connectivity index is 0.00000220. The van der Waals surface area contributed by atoms with Crippen molar-refractivity contribution in [2.75, 3.05) is 25.0 Å². The predicted octanol–water partition coefficient (Wildman–Crippen LogP) is 0.911. The predicted molar refractivity (Wildman–Crippen MR) is 82.6 cm³/mol. The Hall–Kier alpha value is -1.79. The minimum absolute atomic E-state index is 0. The number of nitrogens with one attached hydrogen (secondary N) is 2. The summed E-state index contributed by atoms with van der Waals surface area (Å²) in [4.78, 5) is 22.2. The minimum Gasteiger partial charge on any atom is -0.484 e. The van der Waals surface area contributed by atoms with Crippen LogP contribution in [0.4, 0.5) is 5.69 Å². The zero-order valence-electron chi connectivity index (χ0n) is 11.6. The van der Waals surface area contributed by atoms with Crippen LogP contribution < -0.4 is 21.1 Å². The molecular formula is C14H20ClN3O3. The zero-order valence-corrected chi connectivity index (χ0v) is 12.4. The highest BCUT2D eigenvalue weighted by molar-refractivity contribution is 5.92. The molecule has 6 nitrogen and oxygen atoms in total. The molecule has 2 rings (SSSR count). The molecule has 0 bridgehead atoms. The number of carbonyl (C=O) groups excluding carboxylic acids is 2. The lowest BCUT2D eigenvalue weighted by Gasteiger charge is -2.08. The molecule has 1 fully saturated rings. The fourth-order valence-electron chi connectivity index (χ4n) is 1.71. The molecule has 1 aliphatic carbocycles. The van der Waals surface area contributed by atoms with Crippen LogP contribution in [0.25, 0.3) is 0 Å². The van der Waals surface area contributed by atoms with Gasteiger partial charge < -0.3 is 21.1 Å². The molecule has 0 spiro atoms. The Bertz CT molecular complexity index is 475. The molecule has 1 saturated carbocycles. The molecule has 116 valence electrons. The summed E-state index contributed by atoms with van der Waals surface area (Å²) in [5, 5.41) is 5.90. The monoisotopic (exact) mass is 313 g/mol. The lowest BCUT2D eigenvalue weighted by atomic mass is 10.3. The molecule has 21 heavy (non-hydrogen) atoms. The lowest BCUT2D eigenvalue weighted by Crippen LogP contribution is -2.29. The number of benzene rings is 1. The van der Waals surface area contributed by atoms with Crippen LogP contribution in [0.15, 0.2) is 24.3 Å². The van der Waals surface area contributed by atoms with Crippen molar-refractivity contribution in [3.63, 3.8) is 0 Å². The Morgan fingerprint density at radius 1 is 1.24 bits per heavy atom. The van der Waals surface area contributed by atoms with Crippen molar-refractivity contribution >= 4 is 29.9 Å². The van der Waals surface area contributed by atoms with Crippen molar-refractivity contribution in [2.45, 2.75) is 12.8 Å². The largest absolute Gasteiger partial charge is 0.484 e. The van der Waals surface area contributed by atoms with Crippen molar-refractivity contribution < 1.29 is 14.3 Å². The second-order valence-corrected chi connectivity index (χ2v) is 4.90. The van der Waals surface area contributed by atoms with Gasteiger partial charge in [0.25, 0.3) is 5.91 Å². The number of rotatable bonds is 8. The molecule has 0 heterocycles. The van der Waals surface area contributed by atoms with Crippen LogP contribution >= 0.6 is 12.4 Å². The van der Waals surface area contributed by atoms with Crippen molar-refractivity contribution in [1.82, 2.24) is 5.32 Å². The van der Waals surface area contributed by atoms with Crippen LogP contribution in [0.3, 0.4) is 0 Å². The molecule has 0 radical (unpaired) electrons. The van der Waals surface area contributed by atoms with E-state index in [9.17, 15) is 9.59 Å². The molecule has 0 atom stereocenters. The summed E-state index contributed by atoms with van der Waals surface area (Å²) in [6, 6.07) is 6.79. The maximum Gasteiger partial charge on any atom is 0.255 e. The van der Waals surface area contributed by atoms with E-state index in [0.29, 0.717) is 18.0 Å². The summed E-state index contributed by atoms with van der Waals surface area (Å²) >= 11 is 0. The molecule has 0 aliphatic heterocycles. The third-order valence-electron chi connectivity index (χ3n) is 2.93. The first-order valence-corrected chi connectivity index (χ1v) is 6.65. The minimum atomic E-state index is -0.524. The Morgan fingerprint density at radius 2 is 1.90 bits per heavy atom. The number of halogens is 1. The zero-order chi connectivity index (χ0) is 14.4. The van der Waals surface area contributed by atoms with E-state index in [1.54, 1.807) is 24.3 Å². The smallest absolute Gasteiger partial charge is 0.255 e. The average molecular weight is 314 g/mol. The first-order valence-electron chi connectivity index (χ1n) is 6.65. The molecule has 7 heteroatoms. The van der Waals surface area contributed by atoms with Gasteiger partial charge in [0.2, 0.25) is 5.91 Å². The third kappa shape index (κ3) is 6.97. The molecule has 0 saturated heterocycles. The Labute approximate surface area is 129 Å². The maximum atomic E-state index is 11.6. The highest BCUT2D eigenvalue weighted by Gasteiger charge is 2.20.